The molecule has 5 nitrogen and oxygen atoms in total. The zero-order valence-corrected chi connectivity index (χ0v) is 18.8. The molecule has 0 radical (unpaired) electrons. The molecule has 1 N–H and O–H groups in total. The van der Waals surface area contributed by atoms with E-state index >= 15 is 0 Å². The van der Waals surface area contributed by atoms with E-state index in [2.05, 4.69) is 11.1 Å². The monoisotopic (exact) mass is 461 g/mol. The number of nitrogens with zero attached hydrogens (tertiary/aromatic N) is 2. The van der Waals surface area contributed by atoms with Gasteiger partial charge in [0.25, 0.3) is 5.72 Å². The van der Waals surface area contributed by atoms with Crippen LogP contribution in [0.3, 0.4) is 0 Å². The van der Waals surface area contributed by atoms with Crippen LogP contribution in [-0.4, -0.2) is 22.2 Å². The van der Waals surface area contributed by atoms with E-state index in [1.54, 1.807) is 5.01 Å². The molecule has 6 heteroatoms. The molecule has 0 bridgehead atoms. The molecular weight excluding hydrogens is 442 g/mol. The van der Waals surface area contributed by atoms with Crippen molar-refractivity contribution in [2.24, 2.45) is 5.10 Å². The molecule has 0 saturated carbocycles. The summed E-state index contributed by atoms with van der Waals surface area (Å²) >= 11 is 1.42. The van der Waals surface area contributed by atoms with Crippen molar-refractivity contribution in [2.75, 3.05) is 5.01 Å². The lowest BCUT2D eigenvalue weighted by atomic mass is 9.80. The fraction of sp³-hybridized carbons (Fsp3) is 0.0714. The molecule has 5 aromatic rings. The van der Waals surface area contributed by atoms with Gasteiger partial charge >= 0.3 is 0 Å². The fourth-order valence-corrected chi connectivity index (χ4v) is 5.95. The molecule has 2 aromatic heterocycles. The Labute approximate surface area is 199 Å². The highest BCUT2D eigenvalue weighted by atomic mass is 32.1. The summed E-state index contributed by atoms with van der Waals surface area (Å²) in [6.45, 7) is 0. The van der Waals surface area contributed by atoms with Gasteiger partial charge in [0.2, 0.25) is 5.78 Å². The molecule has 0 fully saturated rings. The molecule has 0 amide bonds. The number of carbonyl (C=O) groups is 1. The van der Waals surface area contributed by atoms with Gasteiger partial charge in [0.15, 0.2) is 0 Å². The van der Waals surface area contributed by atoms with E-state index in [4.69, 9.17) is 9.84 Å². The molecule has 1 spiro atoms. The molecule has 2 unspecified atom stereocenters. The van der Waals surface area contributed by atoms with Crippen molar-refractivity contribution >= 4 is 39.4 Å². The number of carbonyl (C=O) groups excluding carboxylic acids is 1. The maximum Gasteiger partial charge on any atom is 0.279 e. The lowest BCUT2D eigenvalue weighted by Crippen LogP contribution is -2.56. The summed E-state index contributed by atoms with van der Waals surface area (Å²) in [6.07, 6.45) is 1.99. The van der Waals surface area contributed by atoms with Gasteiger partial charge in [-0.2, -0.15) is 5.10 Å². The zero-order chi connectivity index (χ0) is 22.7. The molecule has 0 saturated heterocycles. The van der Waals surface area contributed by atoms with Gasteiger partial charge in [-0.1, -0.05) is 66.7 Å². The number of aromatic nitrogens is 1. The van der Waals surface area contributed by atoms with Crippen LogP contribution in [0, 0.1) is 0 Å². The van der Waals surface area contributed by atoms with E-state index in [0.717, 1.165) is 33.4 Å². The Morgan fingerprint density at radius 1 is 0.912 bits per heavy atom. The number of hydrogen-bond donors (Lipinski definition) is 1. The minimum Gasteiger partial charge on any atom is -0.455 e. The average molecular weight is 462 g/mol. The summed E-state index contributed by atoms with van der Waals surface area (Å²) in [5.74, 6) is 0.106. The number of nitrogens with one attached hydrogen (secondary N) is 1. The summed E-state index contributed by atoms with van der Waals surface area (Å²) in [5, 5.41) is 9.86. The first-order chi connectivity index (χ1) is 16.8. The lowest BCUT2D eigenvalue weighted by Gasteiger charge is -2.36. The summed E-state index contributed by atoms with van der Waals surface area (Å²) in [6, 6.07) is 29.9. The number of anilines is 1. The first-order valence-electron chi connectivity index (χ1n) is 11.1. The molecule has 2 aliphatic heterocycles. The minimum absolute atomic E-state index is 0.0636. The largest absolute Gasteiger partial charge is 0.455 e. The van der Waals surface area contributed by atoms with Crippen molar-refractivity contribution in [3.05, 3.63) is 119 Å². The molecule has 3 aromatic carbocycles. The van der Waals surface area contributed by atoms with Crippen LogP contribution in [0.4, 0.5) is 5.69 Å². The minimum atomic E-state index is -1.35. The maximum atomic E-state index is 14.2. The number of H-pyrrole nitrogens is 1. The number of fused-ring (bicyclic) bond motifs is 2. The van der Waals surface area contributed by atoms with Crippen LogP contribution in [-0.2, 0) is 0 Å². The number of Topliss-reactive ketones (excluding diaryl/α,β-unsaturated/α-hetero) is 1. The number of rotatable bonds is 3. The Kier molecular flexibility index (Phi) is 4.07. The van der Waals surface area contributed by atoms with Gasteiger partial charge in [0, 0.05) is 17.1 Å². The van der Waals surface area contributed by atoms with Crippen molar-refractivity contribution in [3.8, 4) is 5.75 Å². The summed E-state index contributed by atoms with van der Waals surface area (Å²) in [4.78, 5) is 18.3. The van der Waals surface area contributed by atoms with Gasteiger partial charge in [-0.3, -0.25) is 4.79 Å². The number of benzene rings is 3. The number of aromatic amines is 1. The molecule has 164 valence electrons. The second kappa shape index (κ2) is 7.17. The summed E-state index contributed by atoms with van der Waals surface area (Å²) in [7, 11) is 0. The van der Waals surface area contributed by atoms with Crippen molar-refractivity contribution in [3.63, 3.8) is 0 Å². The van der Waals surface area contributed by atoms with E-state index in [1.165, 1.54) is 11.3 Å². The third-order valence-electron chi connectivity index (χ3n) is 6.62. The second-order valence-electron chi connectivity index (χ2n) is 8.46. The van der Waals surface area contributed by atoms with E-state index < -0.39 is 11.6 Å². The van der Waals surface area contributed by atoms with Crippen molar-refractivity contribution in [2.45, 2.75) is 11.6 Å². The first-order valence-corrected chi connectivity index (χ1v) is 12.0. The van der Waals surface area contributed by atoms with Crippen LogP contribution in [0.15, 0.2) is 108 Å². The number of ether oxygens (including phenoxy) is 1. The Hall–Kier alpha value is -4.16. The smallest absolute Gasteiger partial charge is 0.279 e. The third kappa shape index (κ3) is 2.54. The van der Waals surface area contributed by atoms with E-state index in [0.29, 0.717) is 10.6 Å². The van der Waals surface area contributed by atoms with Gasteiger partial charge in [-0.15, -0.1) is 11.3 Å². The molecule has 7 rings (SSSR count). The van der Waals surface area contributed by atoms with Gasteiger partial charge < -0.3 is 9.72 Å². The highest BCUT2D eigenvalue weighted by Crippen LogP contribution is 2.53. The molecule has 0 aliphatic carbocycles. The molecule has 2 atom stereocenters. The summed E-state index contributed by atoms with van der Waals surface area (Å²) in [5.41, 5.74) is 3.22. The van der Waals surface area contributed by atoms with Crippen molar-refractivity contribution < 1.29 is 9.53 Å². The number of hydrazone groups is 1. The zero-order valence-electron chi connectivity index (χ0n) is 18.0. The van der Waals surface area contributed by atoms with Crippen molar-refractivity contribution in [1.82, 2.24) is 4.98 Å². The SMILES string of the molecule is O=C1c2sccc2OC12C(c1c[nH]c3ccccc13)C(c1ccccc1)=NN2c1ccccc1. The number of ketones is 1. The van der Waals surface area contributed by atoms with Crippen molar-refractivity contribution in [1.29, 1.82) is 0 Å². The Bertz CT molecular complexity index is 1570. The standard InChI is InChI=1S/C28H19N3O2S/c32-27-26-23(15-16-34-26)33-28(27)24(21-17-29-22-14-8-7-13-20(21)22)25(18-9-3-1-4-10-18)30-31(28)19-11-5-2-6-12-19/h1-17,24,29H. The normalized spacial score (nSPS) is 21.2. The average Bonchev–Trinajstić information content (AvgIpc) is 3.65. The molecule has 2 aliphatic rings. The molecule has 4 heterocycles. The first kappa shape index (κ1) is 19.3. The quantitative estimate of drug-likeness (QED) is 0.348. The summed E-state index contributed by atoms with van der Waals surface area (Å²) < 4.78 is 6.67. The van der Waals surface area contributed by atoms with Gasteiger partial charge in [0.05, 0.1) is 17.3 Å². The van der Waals surface area contributed by atoms with Crippen LogP contribution in [0.1, 0.15) is 26.7 Å². The third-order valence-corrected chi connectivity index (χ3v) is 7.51. The number of hydrogen-bond acceptors (Lipinski definition) is 5. The van der Waals surface area contributed by atoms with Gasteiger partial charge in [-0.05, 0) is 40.8 Å². The maximum absolute atomic E-state index is 14.2. The molecular formula is C28H19N3O2S. The predicted molar refractivity (Wildman–Crippen MR) is 135 cm³/mol. The number of para-hydroxylation sites is 2. The number of thiophene rings is 1. The molecule has 34 heavy (non-hydrogen) atoms. The Morgan fingerprint density at radius 2 is 1.65 bits per heavy atom. The van der Waals surface area contributed by atoms with Crippen LogP contribution >= 0.6 is 11.3 Å². The van der Waals surface area contributed by atoms with Crippen LogP contribution in [0.25, 0.3) is 10.9 Å². The van der Waals surface area contributed by atoms with Gasteiger partial charge in [-0.25, -0.2) is 5.01 Å². The fourth-order valence-electron chi connectivity index (χ4n) is 5.14. The van der Waals surface area contributed by atoms with Crippen LogP contribution < -0.4 is 9.75 Å². The van der Waals surface area contributed by atoms with E-state index in [9.17, 15) is 4.79 Å². The van der Waals surface area contributed by atoms with Crippen LogP contribution in [0.2, 0.25) is 0 Å². The van der Waals surface area contributed by atoms with E-state index in [-0.39, 0.29) is 5.78 Å². The lowest BCUT2D eigenvalue weighted by molar-refractivity contribution is 0.0549. The topological polar surface area (TPSA) is 57.7 Å². The van der Waals surface area contributed by atoms with Gasteiger partial charge in [0.1, 0.15) is 10.6 Å². The Morgan fingerprint density at radius 3 is 2.44 bits per heavy atom. The van der Waals surface area contributed by atoms with E-state index in [1.807, 2.05) is 96.5 Å². The van der Waals surface area contributed by atoms with Crippen LogP contribution in [0.5, 0.6) is 5.75 Å². The highest BCUT2D eigenvalue weighted by molar-refractivity contribution is 7.12. The predicted octanol–water partition coefficient (Wildman–Crippen LogP) is 6.21. The highest BCUT2D eigenvalue weighted by Gasteiger charge is 2.65. The Balaban J connectivity index is 1.54. The second-order valence-corrected chi connectivity index (χ2v) is 9.38.